The zero-order valence-electron chi connectivity index (χ0n) is 10.7. The number of aryl methyl sites for hydroxylation is 1. The first-order chi connectivity index (χ1) is 9.63. The van der Waals surface area contributed by atoms with Gasteiger partial charge in [-0.05, 0) is 42.1 Å². The molecule has 0 saturated heterocycles. The van der Waals surface area contributed by atoms with Crippen LogP contribution >= 0.6 is 11.3 Å². The Morgan fingerprint density at radius 1 is 1.30 bits per heavy atom. The average molecular weight is 286 g/mol. The summed E-state index contributed by atoms with van der Waals surface area (Å²) >= 11 is 1.52. The Morgan fingerprint density at radius 3 is 3.00 bits per heavy atom. The normalized spacial score (nSPS) is 10.7. The molecule has 0 spiro atoms. The number of pyridine rings is 1. The summed E-state index contributed by atoms with van der Waals surface area (Å²) in [7, 11) is 0. The van der Waals surface area contributed by atoms with Gasteiger partial charge in [-0.15, -0.1) is 11.3 Å². The Bertz CT molecular complexity index is 797. The van der Waals surface area contributed by atoms with Crippen molar-refractivity contribution < 1.29 is 9.18 Å². The highest BCUT2D eigenvalue weighted by Gasteiger charge is 2.10. The fraction of sp³-hybridized carbons (Fsp3) is 0.0667. The Balaban J connectivity index is 1.90. The van der Waals surface area contributed by atoms with Crippen molar-refractivity contribution in [2.45, 2.75) is 6.92 Å². The van der Waals surface area contributed by atoms with Crippen molar-refractivity contribution in [2.75, 3.05) is 5.32 Å². The molecule has 3 rings (SSSR count). The van der Waals surface area contributed by atoms with Gasteiger partial charge < -0.3 is 5.32 Å². The van der Waals surface area contributed by atoms with Crippen LogP contribution in [0.3, 0.4) is 0 Å². The van der Waals surface area contributed by atoms with Crippen LogP contribution in [0.5, 0.6) is 0 Å². The Morgan fingerprint density at radius 2 is 2.15 bits per heavy atom. The number of aromatic nitrogens is 1. The number of carbonyl (C=O) groups is 1. The maximum Gasteiger partial charge on any atom is 0.257 e. The molecule has 3 aromatic rings. The van der Waals surface area contributed by atoms with Gasteiger partial charge in [0, 0.05) is 17.3 Å². The second kappa shape index (κ2) is 5.02. The number of amides is 1. The summed E-state index contributed by atoms with van der Waals surface area (Å²) < 4.78 is 13.2. The summed E-state index contributed by atoms with van der Waals surface area (Å²) in [6, 6.07) is 8.00. The number of carbonyl (C=O) groups excluding carboxylic acids is 1. The van der Waals surface area contributed by atoms with Gasteiger partial charge in [0.2, 0.25) is 0 Å². The predicted octanol–water partition coefficient (Wildman–Crippen LogP) is 4.00. The molecule has 1 amide bonds. The number of benzene rings is 1. The zero-order chi connectivity index (χ0) is 14.1. The van der Waals surface area contributed by atoms with Crippen LogP contribution in [-0.2, 0) is 0 Å². The monoisotopic (exact) mass is 286 g/mol. The van der Waals surface area contributed by atoms with E-state index >= 15 is 0 Å². The lowest BCUT2D eigenvalue weighted by atomic mass is 10.1. The van der Waals surface area contributed by atoms with Gasteiger partial charge in [0.25, 0.3) is 5.91 Å². The molecule has 0 fully saturated rings. The smallest absolute Gasteiger partial charge is 0.257 e. The summed E-state index contributed by atoms with van der Waals surface area (Å²) in [6.07, 6.45) is 1.53. The van der Waals surface area contributed by atoms with Gasteiger partial charge in [0.1, 0.15) is 10.6 Å². The van der Waals surface area contributed by atoms with Crippen LogP contribution < -0.4 is 5.32 Å². The van der Waals surface area contributed by atoms with Crippen LogP contribution in [0.4, 0.5) is 10.1 Å². The molecule has 5 heteroatoms. The van der Waals surface area contributed by atoms with Crippen LogP contribution in [-0.4, -0.2) is 10.9 Å². The molecular formula is C15H11FN2OS. The molecule has 0 unspecified atom stereocenters. The van der Waals surface area contributed by atoms with E-state index in [1.165, 1.54) is 29.7 Å². The summed E-state index contributed by atoms with van der Waals surface area (Å²) in [6.45, 7) is 1.81. The molecule has 0 radical (unpaired) electrons. The van der Waals surface area contributed by atoms with Crippen LogP contribution in [0.1, 0.15) is 15.9 Å². The minimum absolute atomic E-state index is 0.292. The van der Waals surface area contributed by atoms with Crippen LogP contribution in [0.15, 0.2) is 41.9 Å². The standard InChI is InChI=1S/C15H11FN2OS/c1-9-2-3-12(16)7-13(9)18-14(19)11-6-10-4-5-20-15(10)17-8-11/h2-8H,1H3,(H,18,19). The summed E-state index contributed by atoms with van der Waals surface area (Å²) in [4.78, 5) is 17.3. The third-order valence-corrected chi connectivity index (χ3v) is 3.85. The summed E-state index contributed by atoms with van der Waals surface area (Å²) in [5.74, 6) is -0.670. The number of nitrogens with zero attached hydrogens (tertiary/aromatic N) is 1. The van der Waals surface area contributed by atoms with E-state index in [9.17, 15) is 9.18 Å². The fourth-order valence-corrected chi connectivity index (χ4v) is 2.63. The van der Waals surface area contributed by atoms with Crippen LogP contribution in [0, 0.1) is 12.7 Å². The van der Waals surface area contributed by atoms with Gasteiger partial charge in [-0.2, -0.15) is 0 Å². The lowest BCUT2D eigenvalue weighted by molar-refractivity contribution is 0.102. The number of rotatable bonds is 2. The number of nitrogens with one attached hydrogen (secondary N) is 1. The first-order valence-electron chi connectivity index (χ1n) is 6.04. The maximum absolute atomic E-state index is 13.2. The highest BCUT2D eigenvalue weighted by molar-refractivity contribution is 7.16. The first-order valence-corrected chi connectivity index (χ1v) is 6.92. The lowest BCUT2D eigenvalue weighted by Gasteiger charge is -2.08. The molecule has 20 heavy (non-hydrogen) atoms. The molecular weight excluding hydrogens is 275 g/mol. The van der Waals surface area contributed by atoms with Crippen molar-refractivity contribution in [1.82, 2.24) is 4.98 Å². The van der Waals surface area contributed by atoms with Gasteiger partial charge in [-0.1, -0.05) is 6.07 Å². The van der Waals surface area contributed by atoms with Gasteiger partial charge in [0.05, 0.1) is 5.56 Å². The maximum atomic E-state index is 13.2. The number of fused-ring (bicyclic) bond motifs is 1. The molecule has 1 aromatic carbocycles. The molecule has 3 nitrogen and oxygen atoms in total. The second-order valence-electron chi connectivity index (χ2n) is 4.45. The van der Waals surface area contributed by atoms with E-state index in [1.807, 2.05) is 18.4 Å². The third kappa shape index (κ3) is 2.40. The molecule has 100 valence electrons. The highest BCUT2D eigenvalue weighted by Crippen LogP contribution is 2.21. The van der Waals surface area contributed by atoms with Gasteiger partial charge in [-0.3, -0.25) is 4.79 Å². The van der Waals surface area contributed by atoms with E-state index < -0.39 is 0 Å². The Labute approximate surface area is 119 Å². The molecule has 0 aliphatic rings. The van der Waals surface area contributed by atoms with Gasteiger partial charge >= 0.3 is 0 Å². The van der Waals surface area contributed by atoms with Crippen molar-refractivity contribution in [3.8, 4) is 0 Å². The fourth-order valence-electron chi connectivity index (χ4n) is 1.91. The molecule has 2 heterocycles. The number of anilines is 1. The Hall–Kier alpha value is -2.27. The minimum Gasteiger partial charge on any atom is -0.322 e. The number of thiophene rings is 1. The molecule has 0 atom stereocenters. The van der Waals surface area contributed by atoms with E-state index in [-0.39, 0.29) is 11.7 Å². The Kier molecular flexibility index (Phi) is 3.20. The SMILES string of the molecule is Cc1ccc(F)cc1NC(=O)c1cnc2sccc2c1. The van der Waals surface area contributed by atoms with Gasteiger partial charge in [-0.25, -0.2) is 9.37 Å². The van der Waals surface area contributed by atoms with E-state index in [1.54, 1.807) is 12.1 Å². The molecule has 1 N–H and O–H groups in total. The van der Waals surface area contributed by atoms with E-state index in [0.29, 0.717) is 11.3 Å². The van der Waals surface area contributed by atoms with E-state index in [4.69, 9.17) is 0 Å². The van der Waals surface area contributed by atoms with Gasteiger partial charge in [0.15, 0.2) is 0 Å². The van der Waals surface area contributed by atoms with Crippen LogP contribution in [0.2, 0.25) is 0 Å². The second-order valence-corrected chi connectivity index (χ2v) is 5.35. The summed E-state index contributed by atoms with van der Waals surface area (Å²) in [5.41, 5.74) is 1.74. The van der Waals surface area contributed by atoms with Crippen molar-refractivity contribution in [3.63, 3.8) is 0 Å². The molecule has 0 saturated carbocycles. The first kappa shape index (κ1) is 12.7. The average Bonchev–Trinajstić information content (AvgIpc) is 2.90. The highest BCUT2D eigenvalue weighted by atomic mass is 32.1. The quantitative estimate of drug-likeness (QED) is 0.773. The molecule has 2 aromatic heterocycles. The van der Waals surface area contributed by atoms with E-state index in [0.717, 1.165) is 15.8 Å². The van der Waals surface area contributed by atoms with Crippen molar-refractivity contribution in [2.24, 2.45) is 0 Å². The number of hydrogen-bond acceptors (Lipinski definition) is 3. The predicted molar refractivity (Wildman–Crippen MR) is 78.7 cm³/mol. The molecule has 0 bridgehead atoms. The minimum atomic E-state index is -0.377. The van der Waals surface area contributed by atoms with Crippen molar-refractivity contribution in [1.29, 1.82) is 0 Å². The van der Waals surface area contributed by atoms with Crippen LogP contribution in [0.25, 0.3) is 10.2 Å². The zero-order valence-corrected chi connectivity index (χ0v) is 11.5. The third-order valence-electron chi connectivity index (χ3n) is 3.02. The van der Waals surface area contributed by atoms with Crippen molar-refractivity contribution in [3.05, 3.63) is 58.9 Å². The largest absolute Gasteiger partial charge is 0.322 e. The van der Waals surface area contributed by atoms with Crippen molar-refractivity contribution >= 4 is 33.1 Å². The summed E-state index contributed by atoms with van der Waals surface area (Å²) in [5, 5.41) is 5.56. The molecule has 0 aliphatic heterocycles. The number of halogens is 1. The lowest BCUT2D eigenvalue weighted by Crippen LogP contribution is -2.13. The number of hydrogen-bond donors (Lipinski definition) is 1. The topological polar surface area (TPSA) is 42.0 Å². The molecule has 0 aliphatic carbocycles. The van der Waals surface area contributed by atoms with E-state index in [2.05, 4.69) is 10.3 Å².